The normalized spacial score (nSPS) is 19.2. The molecule has 0 saturated heterocycles. The van der Waals surface area contributed by atoms with Gasteiger partial charge in [0.15, 0.2) is 0 Å². The molecule has 1 atom stereocenters. The second kappa shape index (κ2) is 3.91. The predicted octanol–water partition coefficient (Wildman–Crippen LogP) is 2.68. The Labute approximate surface area is 99.7 Å². The van der Waals surface area contributed by atoms with Crippen molar-refractivity contribution < 1.29 is 9.90 Å². The highest BCUT2D eigenvalue weighted by Crippen LogP contribution is 2.29. The van der Waals surface area contributed by atoms with Crippen LogP contribution in [-0.4, -0.2) is 15.6 Å². The minimum absolute atomic E-state index is 0.293. The number of benzene rings is 1. The van der Waals surface area contributed by atoms with E-state index in [9.17, 15) is 4.79 Å². The summed E-state index contributed by atoms with van der Waals surface area (Å²) in [6.45, 7) is 0.945. The average Bonchev–Trinajstić information content (AvgIpc) is 2.65. The number of aromatic nitrogens is 1. The molecule has 3 nitrogen and oxygen atoms in total. The van der Waals surface area contributed by atoms with Crippen LogP contribution >= 0.6 is 0 Å². The number of para-hydroxylation sites is 1. The quantitative estimate of drug-likeness (QED) is 0.860. The van der Waals surface area contributed by atoms with Crippen molar-refractivity contribution in [1.82, 2.24) is 4.57 Å². The summed E-state index contributed by atoms with van der Waals surface area (Å²) in [5.41, 5.74) is 2.56. The summed E-state index contributed by atoms with van der Waals surface area (Å²) >= 11 is 0. The van der Waals surface area contributed by atoms with E-state index in [1.165, 1.54) is 16.6 Å². The van der Waals surface area contributed by atoms with Crippen LogP contribution in [0.1, 0.15) is 18.5 Å². The Morgan fingerprint density at radius 2 is 2.24 bits per heavy atom. The summed E-state index contributed by atoms with van der Waals surface area (Å²) < 4.78 is 2.33. The van der Waals surface area contributed by atoms with E-state index in [1.807, 2.05) is 6.07 Å². The topological polar surface area (TPSA) is 42.2 Å². The molecule has 0 radical (unpaired) electrons. The second-order valence-corrected chi connectivity index (χ2v) is 4.80. The number of aliphatic carboxylic acids is 1. The third kappa shape index (κ3) is 1.82. The maximum atomic E-state index is 10.7. The largest absolute Gasteiger partial charge is 0.481 e. The minimum atomic E-state index is -0.681. The van der Waals surface area contributed by atoms with Crippen LogP contribution in [0, 0.1) is 5.92 Å². The third-order valence-electron chi connectivity index (χ3n) is 3.62. The van der Waals surface area contributed by atoms with Gasteiger partial charge in [-0.3, -0.25) is 4.79 Å². The zero-order chi connectivity index (χ0) is 11.8. The molecular weight excluding hydrogens is 214 g/mol. The van der Waals surface area contributed by atoms with E-state index >= 15 is 0 Å². The molecule has 0 bridgehead atoms. The van der Waals surface area contributed by atoms with Gasteiger partial charge in [0, 0.05) is 24.2 Å². The number of aryl methyl sites for hydroxylation is 1. The molecule has 1 N–H and O–H groups in total. The van der Waals surface area contributed by atoms with Gasteiger partial charge in [0.05, 0.1) is 0 Å². The number of hydrogen-bond donors (Lipinski definition) is 1. The molecule has 0 aliphatic carbocycles. The van der Waals surface area contributed by atoms with Crippen molar-refractivity contribution >= 4 is 16.9 Å². The van der Waals surface area contributed by atoms with Crippen molar-refractivity contribution in [3.63, 3.8) is 0 Å². The summed E-state index contributed by atoms with van der Waals surface area (Å²) in [5, 5.41) is 10.1. The first-order chi connectivity index (χ1) is 8.24. The Balaban J connectivity index is 1.95. The van der Waals surface area contributed by atoms with Crippen LogP contribution in [0.15, 0.2) is 30.3 Å². The average molecular weight is 229 g/mol. The standard InChI is InChI=1S/C14H15NO2/c16-14(17)8-10-5-6-15-12(7-10)9-11-3-1-2-4-13(11)15/h1-4,9-10H,5-8H2,(H,16,17)/t10-/m0/s1. The molecule has 1 aliphatic heterocycles. The molecule has 0 unspecified atom stereocenters. The molecule has 1 aromatic carbocycles. The van der Waals surface area contributed by atoms with E-state index in [0.717, 1.165) is 19.4 Å². The molecule has 3 heteroatoms. The fourth-order valence-electron chi connectivity index (χ4n) is 2.83. The maximum absolute atomic E-state index is 10.7. The van der Waals surface area contributed by atoms with E-state index in [2.05, 4.69) is 28.8 Å². The molecule has 0 saturated carbocycles. The molecule has 1 aliphatic rings. The molecule has 3 rings (SSSR count). The molecule has 0 fully saturated rings. The molecule has 1 aromatic heterocycles. The first-order valence-electron chi connectivity index (χ1n) is 6.03. The first-order valence-corrected chi connectivity index (χ1v) is 6.03. The predicted molar refractivity (Wildman–Crippen MR) is 66.0 cm³/mol. The van der Waals surface area contributed by atoms with Gasteiger partial charge in [-0.2, -0.15) is 0 Å². The van der Waals surface area contributed by atoms with Gasteiger partial charge in [0.1, 0.15) is 0 Å². The van der Waals surface area contributed by atoms with E-state index in [4.69, 9.17) is 5.11 Å². The number of nitrogens with zero attached hydrogens (tertiary/aromatic N) is 1. The van der Waals surface area contributed by atoms with Gasteiger partial charge < -0.3 is 9.67 Å². The maximum Gasteiger partial charge on any atom is 0.303 e. The highest BCUT2D eigenvalue weighted by molar-refractivity contribution is 5.81. The van der Waals surface area contributed by atoms with Crippen LogP contribution < -0.4 is 0 Å². The molecule has 2 heterocycles. The molecule has 88 valence electrons. The summed E-state index contributed by atoms with van der Waals surface area (Å²) in [7, 11) is 0. The molecule has 0 spiro atoms. The lowest BCUT2D eigenvalue weighted by Crippen LogP contribution is -2.20. The van der Waals surface area contributed by atoms with E-state index in [-0.39, 0.29) is 0 Å². The van der Waals surface area contributed by atoms with Gasteiger partial charge in [-0.15, -0.1) is 0 Å². The molecule has 2 aromatic rings. The van der Waals surface area contributed by atoms with Crippen LogP contribution in [0.4, 0.5) is 0 Å². The fourth-order valence-corrected chi connectivity index (χ4v) is 2.83. The van der Waals surface area contributed by atoms with Crippen molar-refractivity contribution in [2.75, 3.05) is 0 Å². The van der Waals surface area contributed by atoms with E-state index in [0.29, 0.717) is 12.3 Å². The summed E-state index contributed by atoms with van der Waals surface area (Å²) in [4.78, 5) is 10.7. The van der Waals surface area contributed by atoms with Gasteiger partial charge >= 0.3 is 5.97 Å². The number of fused-ring (bicyclic) bond motifs is 3. The van der Waals surface area contributed by atoms with Gasteiger partial charge in [-0.1, -0.05) is 18.2 Å². The van der Waals surface area contributed by atoms with Crippen molar-refractivity contribution in [1.29, 1.82) is 0 Å². The van der Waals surface area contributed by atoms with E-state index < -0.39 is 5.97 Å². The smallest absolute Gasteiger partial charge is 0.303 e. The fraction of sp³-hybridized carbons (Fsp3) is 0.357. The number of rotatable bonds is 2. The third-order valence-corrected chi connectivity index (χ3v) is 3.62. The van der Waals surface area contributed by atoms with Crippen LogP contribution in [0.3, 0.4) is 0 Å². The highest BCUT2D eigenvalue weighted by Gasteiger charge is 2.22. The SMILES string of the molecule is O=C(O)C[C@H]1CCn2c(cc3ccccc32)C1. The molecule has 17 heavy (non-hydrogen) atoms. The van der Waals surface area contributed by atoms with Crippen molar-refractivity contribution in [3.05, 3.63) is 36.0 Å². The lowest BCUT2D eigenvalue weighted by molar-refractivity contribution is -0.138. The van der Waals surface area contributed by atoms with Gasteiger partial charge in [-0.05, 0) is 36.3 Å². The summed E-state index contributed by atoms with van der Waals surface area (Å²) in [6, 6.07) is 10.6. The summed E-state index contributed by atoms with van der Waals surface area (Å²) in [6.07, 6.45) is 2.15. The Hall–Kier alpha value is -1.77. The first kappa shape index (κ1) is 10.4. The molecule has 0 amide bonds. The highest BCUT2D eigenvalue weighted by atomic mass is 16.4. The van der Waals surface area contributed by atoms with Crippen molar-refractivity contribution in [2.24, 2.45) is 5.92 Å². The van der Waals surface area contributed by atoms with Crippen LogP contribution in [0.25, 0.3) is 10.9 Å². The van der Waals surface area contributed by atoms with Crippen molar-refractivity contribution in [2.45, 2.75) is 25.8 Å². The van der Waals surface area contributed by atoms with Gasteiger partial charge in [0.2, 0.25) is 0 Å². The van der Waals surface area contributed by atoms with Crippen LogP contribution in [0.2, 0.25) is 0 Å². The number of carboxylic acid groups (broad SMARTS) is 1. The van der Waals surface area contributed by atoms with Crippen LogP contribution in [0.5, 0.6) is 0 Å². The monoisotopic (exact) mass is 229 g/mol. The zero-order valence-corrected chi connectivity index (χ0v) is 9.60. The Bertz CT molecular complexity index is 571. The van der Waals surface area contributed by atoms with Crippen LogP contribution in [-0.2, 0) is 17.8 Å². The number of carbonyl (C=O) groups is 1. The molecular formula is C14H15NO2. The van der Waals surface area contributed by atoms with Gasteiger partial charge in [-0.25, -0.2) is 0 Å². The van der Waals surface area contributed by atoms with Crippen molar-refractivity contribution in [3.8, 4) is 0 Å². The second-order valence-electron chi connectivity index (χ2n) is 4.80. The Morgan fingerprint density at radius 3 is 3.06 bits per heavy atom. The lowest BCUT2D eigenvalue weighted by Gasteiger charge is -2.23. The minimum Gasteiger partial charge on any atom is -0.481 e. The number of carboxylic acids is 1. The number of hydrogen-bond acceptors (Lipinski definition) is 1. The Morgan fingerprint density at radius 1 is 1.41 bits per heavy atom. The Kier molecular flexibility index (Phi) is 2.39. The van der Waals surface area contributed by atoms with Gasteiger partial charge in [0.25, 0.3) is 0 Å². The van der Waals surface area contributed by atoms with E-state index in [1.54, 1.807) is 0 Å². The zero-order valence-electron chi connectivity index (χ0n) is 9.60. The lowest BCUT2D eigenvalue weighted by atomic mass is 9.93. The summed E-state index contributed by atoms with van der Waals surface area (Å²) in [5.74, 6) is -0.385.